The summed E-state index contributed by atoms with van der Waals surface area (Å²) in [5.41, 5.74) is 1.55. The zero-order valence-electron chi connectivity index (χ0n) is 14.7. The number of carbonyl (C=O) groups is 1. The molecule has 0 aliphatic heterocycles. The molecule has 1 unspecified atom stereocenters. The third-order valence-corrected chi connectivity index (χ3v) is 4.41. The number of fused-ring (bicyclic) bond motifs is 1. The molecule has 24 heavy (non-hydrogen) atoms. The van der Waals surface area contributed by atoms with Crippen LogP contribution in [0.5, 0.6) is 0 Å². The fraction of sp³-hybridized carbons (Fsp3) is 0.556. The molecule has 0 saturated carbocycles. The van der Waals surface area contributed by atoms with E-state index >= 15 is 0 Å². The van der Waals surface area contributed by atoms with Crippen molar-refractivity contribution < 1.29 is 4.79 Å². The number of amides is 1. The number of hydrogen-bond donors (Lipinski definition) is 1. The predicted octanol–water partition coefficient (Wildman–Crippen LogP) is 3.92. The number of hydrogen-bond acceptors (Lipinski definition) is 4. The number of thiocarbonyl (C=S) groups is 1. The van der Waals surface area contributed by atoms with E-state index < -0.39 is 0 Å². The van der Waals surface area contributed by atoms with Crippen LogP contribution in [0.15, 0.2) is 24.3 Å². The molecule has 0 spiro atoms. The molecule has 0 fully saturated rings. The summed E-state index contributed by atoms with van der Waals surface area (Å²) >= 11 is 5.28. The SMILES string of the molecule is CC(C)CCCC(C)CCC(=O)NC(=S)n1nnc2ccccc21. The summed E-state index contributed by atoms with van der Waals surface area (Å²) in [5, 5.41) is 11.1. The molecule has 2 rings (SSSR count). The first-order valence-electron chi connectivity index (χ1n) is 8.62. The van der Waals surface area contributed by atoms with Gasteiger partial charge in [-0.15, -0.1) is 5.10 Å². The number of carbonyl (C=O) groups excluding carboxylic acids is 1. The van der Waals surface area contributed by atoms with Crippen molar-refractivity contribution >= 4 is 34.3 Å². The highest BCUT2D eigenvalue weighted by molar-refractivity contribution is 7.80. The molecule has 1 aromatic heterocycles. The topological polar surface area (TPSA) is 59.8 Å². The van der Waals surface area contributed by atoms with E-state index in [-0.39, 0.29) is 11.0 Å². The Bertz CT molecular complexity index is 695. The van der Waals surface area contributed by atoms with Crippen LogP contribution in [0, 0.1) is 11.8 Å². The lowest BCUT2D eigenvalue weighted by Gasteiger charge is -2.12. The average Bonchev–Trinajstić information content (AvgIpc) is 2.96. The van der Waals surface area contributed by atoms with Crippen LogP contribution in [0.4, 0.5) is 0 Å². The van der Waals surface area contributed by atoms with Crippen molar-refractivity contribution in [3.63, 3.8) is 0 Å². The van der Waals surface area contributed by atoms with E-state index in [1.165, 1.54) is 23.9 Å². The summed E-state index contributed by atoms with van der Waals surface area (Å²) in [4.78, 5) is 12.1. The van der Waals surface area contributed by atoms with Crippen LogP contribution in [0.25, 0.3) is 11.0 Å². The maximum absolute atomic E-state index is 12.1. The van der Waals surface area contributed by atoms with Crippen LogP contribution in [0.1, 0.15) is 52.9 Å². The van der Waals surface area contributed by atoms with Gasteiger partial charge >= 0.3 is 0 Å². The first kappa shape index (κ1) is 18.5. The number of nitrogens with zero attached hydrogens (tertiary/aromatic N) is 3. The molecule has 0 bridgehead atoms. The summed E-state index contributed by atoms with van der Waals surface area (Å²) in [7, 11) is 0. The Labute approximate surface area is 148 Å². The molecule has 2 aromatic rings. The van der Waals surface area contributed by atoms with Crippen LogP contribution in [-0.2, 0) is 4.79 Å². The maximum atomic E-state index is 12.1. The summed E-state index contributed by atoms with van der Waals surface area (Å²) in [5.74, 6) is 1.24. The lowest BCUT2D eigenvalue weighted by Crippen LogP contribution is -2.34. The Morgan fingerprint density at radius 1 is 1.21 bits per heavy atom. The molecule has 0 aliphatic rings. The molecule has 1 heterocycles. The number of para-hydroxylation sites is 1. The van der Waals surface area contributed by atoms with Crippen molar-refractivity contribution in [2.24, 2.45) is 11.8 Å². The molecule has 0 radical (unpaired) electrons. The zero-order valence-corrected chi connectivity index (χ0v) is 15.5. The molecule has 0 aliphatic carbocycles. The van der Waals surface area contributed by atoms with Crippen molar-refractivity contribution in [1.29, 1.82) is 0 Å². The lowest BCUT2D eigenvalue weighted by molar-refractivity contribution is -0.120. The van der Waals surface area contributed by atoms with Crippen molar-refractivity contribution in [2.75, 3.05) is 0 Å². The molecule has 5 nitrogen and oxygen atoms in total. The number of nitrogens with one attached hydrogen (secondary N) is 1. The van der Waals surface area contributed by atoms with E-state index in [1.54, 1.807) is 0 Å². The molecule has 6 heteroatoms. The summed E-state index contributed by atoms with van der Waals surface area (Å²) in [6.45, 7) is 6.69. The maximum Gasteiger partial charge on any atom is 0.226 e. The smallest absolute Gasteiger partial charge is 0.226 e. The van der Waals surface area contributed by atoms with Crippen LogP contribution in [0.3, 0.4) is 0 Å². The summed E-state index contributed by atoms with van der Waals surface area (Å²) in [6.07, 6.45) is 5.01. The van der Waals surface area contributed by atoms with E-state index in [0.717, 1.165) is 23.4 Å². The molecule has 130 valence electrons. The number of benzene rings is 1. The van der Waals surface area contributed by atoms with Gasteiger partial charge in [0.05, 0.1) is 5.52 Å². The van der Waals surface area contributed by atoms with Gasteiger partial charge in [-0.2, -0.15) is 4.68 Å². The highest BCUT2D eigenvalue weighted by atomic mass is 32.1. The second-order valence-electron chi connectivity index (χ2n) is 6.81. The molecular formula is C18H26N4OS. The Kier molecular flexibility index (Phi) is 6.85. The normalized spacial score (nSPS) is 12.5. The predicted molar refractivity (Wildman–Crippen MR) is 101 cm³/mol. The van der Waals surface area contributed by atoms with Crippen molar-refractivity contribution in [3.8, 4) is 0 Å². The van der Waals surface area contributed by atoms with Gasteiger partial charge in [-0.25, -0.2) is 0 Å². The summed E-state index contributed by atoms with van der Waals surface area (Å²) in [6, 6.07) is 7.53. The molecule has 1 amide bonds. The summed E-state index contributed by atoms with van der Waals surface area (Å²) < 4.78 is 1.49. The molecule has 1 atom stereocenters. The van der Waals surface area contributed by atoms with E-state index in [2.05, 4.69) is 36.4 Å². The molecular weight excluding hydrogens is 320 g/mol. The second-order valence-corrected chi connectivity index (χ2v) is 7.20. The van der Waals surface area contributed by atoms with Gasteiger partial charge in [0.2, 0.25) is 11.0 Å². The first-order valence-corrected chi connectivity index (χ1v) is 9.03. The Morgan fingerprint density at radius 2 is 1.96 bits per heavy atom. The highest BCUT2D eigenvalue weighted by Crippen LogP contribution is 2.16. The van der Waals surface area contributed by atoms with E-state index in [1.807, 2.05) is 24.3 Å². The molecule has 1 aromatic carbocycles. The van der Waals surface area contributed by atoms with Gasteiger partial charge in [-0.05, 0) is 42.6 Å². The van der Waals surface area contributed by atoms with E-state index in [4.69, 9.17) is 12.2 Å². The van der Waals surface area contributed by atoms with Crippen molar-refractivity contribution in [2.45, 2.75) is 52.9 Å². The van der Waals surface area contributed by atoms with Crippen LogP contribution in [-0.4, -0.2) is 26.0 Å². The minimum absolute atomic E-state index is 0.0599. The van der Waals surface area contributed by atoms with E-state index in [0.29, 0.717) is 12.3 Å². The standard InChI is InChI=1S/C18H26N4OS/c1-13(2)7-6-8-14(3)11-12-17(23)19-18(24)22-16-10-5-4-9-15(16)20-21-22/h4-5,9-10,13-14H,6-8,11-12H2,1-3H3,(H,19,23,24). The Balaban J connectivity index is 1.79. The average molecular weight is 347 g/mol. The van der Waals surface area contributed by atoms with Gasteiger partial charge in [-0.1, -0.05) is 57.4 Å². The highest BCUT2D eigenvalue weighted by Gasteiger charge is 2.12. The van der Waals surface area contributed by atoms with E-state index in [9.17, 15) is 4.79 Å². The fourth-order valence-corrected chi connectivity index (χ4v) is 2.90. The van der Waals surface area contributed by atoms with Crippen molar-refractivity contribution in [1.82, 2.24) is 20.3 Å². The number of aromatic nitrogens is 3. The molecule has 1 N–H and O–H groups in total. The van der Waals surface area contributed by atoms with Crippen LogP contribution < -0.4 is 5.32 Å². The lowest BCUT2D eigenvalue weighted by atomic mass is 9.96. The third kappa shape index (κ3) is 5.37. The van der Waals surface area contributed by atoms with Gasteiger partial charge in [-0.3, -0.25) is 4.79 Å². The monoisotopic (exact) mass is 346 g/mol. The Morgan fingerprint density at radius 3 is 2.71 bits per heavy atom. The van der Waals surface area contributed by atoms with Crippen LogP contribution >= 0.6 is 12.2 Å². The van der Waals surface area contributed by atoms with Crippen molar-refractivity contribution in [3.05, 3.63) is 24.3 Å². The second kappa shape index (κ2) is 8.87. The quantitative estimate of drug-likeness (QED) is 0.772. The minimum atomic E-state index is -0.0599. The van der Waals surface area contributed by atoms with Crippen LogP contribution in [0.2, 0.25) is 0 Å². The van der Waals surface area contributed by atoms with Gasteiger partial charge in [0.25, 0.3) is 0 Å². The van der Waals surface area contributed by atoms with Gasteiger partial charge in [0, 0.05) is 6.42 Å². The first-order chi connectivity index (χ1) is 11.5. The Hall–Kier alpha value is -1.82. The van der Waals surface area contributed by atoms with Gasteiger partial charge < -0.3 is 5.32 Å². The largest absolute Gasteiger partial charge is 0.301 e. The zero-order chi connectivity index (χ0) is 17.5. The van der Waals surface area contributed by atoms with Gasteiger partial charge in [0.15, 0.2) is 0 Å². The minimum Gasteiger partial charge on any atom is -0.301 e. The molecule has 0 saturated heterocycles. The van der Waals surface area contributed by atoms with Gasteiger partial charge in [0.1, 0.15) is 5.52 Å². The third-order valence-electron chi connectivity index (χ3n) is 4.13. The number of rotatable bonds is 7. The fourth-order valence-electron chi connectivity index (χ4n) is 2.65.